The van der Waals surface area contributed by atoms with E-state index < -0.39 is 0 Å². The first kappa shape index (κ1) is 21.6. The number of rotatable bonds is 5. The molecular weight excluding hydrogens is 408 g/mol. The van der Waals surface area contributed by atoms with Crippen molar-refractivity contribution in [2.45, 2.75) is 58.5 Å². The molecule has 3 aromatic rings. The number of thiophene rings is 1. The number of H-pyrrole nitrogens is 1. The second-order valence-corrected chi connectivity index (χ2v) is 9.58. The van der Waals surface area contributed by atoms with Crippen LogP contribution in [0.1, 0.15) is 59.2 Å². The standard InChI is InChI=1S/C24H30N4O2S/c1-16-13-18(26-25-16)15-27(3)24(30)23-21(20-10-6-7-11-22(20)31-23)14-19-9-5-4-8-12-28(19)17(2)29/h6-7,10-11,13,19H,4-5,8-9,12,14-15H2,1-3H3,(H,25,26)/t19-/m0/s1. The number of aromatic amines is 1. The maximum Gasteiger partial charge on any atom is 0.264 e. The molecular formula is C24H30N4O2S. The van der Waals surface area contributed by atoms with Gasteiger partial charge in [-0.2, -0.15) is 5.10 Å². The fraction of sp³-hybridized carbons (Fsp3) is 0.458. The van der Waals surface area contributed by atoms with E-state index in [9.17, 15) is 9.59 Å². The monoisotopic (exact) mass is 438 g/mol. The Morgan fingerprint density at radius 3 is 2.81 bits per heavy atom. The van der Waals surface area contributed by atoms with Gasteiger partial charge >= 0.3 is 0 Å². The van der Waals surface area contributed by atoms with Gasteiger partial charge < -0.3 is 9.80 Å². The van der Waals surface area contributed by atoms with Gasteiger partial charge in [-0.1, -0.05) is 31.0 Å². The molecule has 7 heteroatoms. The van der Waals surface area contributed by atoms with Gasteiger partial charge in [0.2, 0.25) is 5.91 Å². The lowest BCUT2D eigenvalue weighted by Gasteiger charge is -2.29. The van der Waals surface area contributed by atoms with Gasteiger partial charge in [0, 0.05) is 37.0 Å². The van der Waals surface area contributed by atoms with E-state index in [1.807, 2.05) is 37.1 Å². The Hall–Kier alpha value is -2.67. The third-order valence-corrected chi connectivity index (χ3v) is 7.32. The molecule has 2 amide bonds. The summed E-state index contributed by atoms with van der Waals surface area (Å²) in [5.74, 6) is 0.144. The van der Waals surface area contributed by atoms with Crippen LogP contribution in [0, 0.1) is 6.92 Å². The maximum absolute atomic E-state index is 13.5. The number of likely N-dealkylation sites (tertiary alicyclic amines) is 1. The van der Waals surface area contributed by atoms with E-state index in [0.29, 0.717) is 6.54 Å². The van der Waals surface area contributed by atoms with Crippen molar-refractivity contribution in [1.82, 2.24) is 20.0 Å². The number of amides is 2. The fourth-order valence-corrected chi connectivity index (χ4v) is 5.78. The molecule has 1 aliphatic rings. The zero-order chi connectivity index (χ0) is 22.0. The van der Waals surface area contributed by atoms with Crippen LogP contribution in [-0.2, 0) is 17.8 Å². The lowest BCUT2D eigenvalue weighted by Crippen LogP contribution is -2.40. The summed E-state index contributed by atoms with van der Waals surface area (Å²) in [6, 6.07) is 10.3. The van der Waals surface area contributed by atoms with E-state index in [0.717, 1.165) is 70.6 Å². The Morgan fingerprint density at radius 2 is 2.06 bits per heavy atom. The predicted octanol–water partition coefficient (Wildman–Crippen LogP) is 4.54. The summed E-state index contributed by atoms with van der Waals surface area (Å²) in [5.41, 5.74) is 2.91. The summed E-state index contributed by atoms with van der Waals surface area (Å²) in [6.45, 7) is 4.88. The molecule has 164 valence electrons. The highest BCUT2D eigenvalue weighted by molar-refractivity contribution is 7.21. The first-order valence-corrected chi connectivity index (χ1v) is 11.8. The molecule has 3 heterocycles. The van der Waals surface area contributed by atoms with Gasteiger partial charge in [0.1, 0.15) is 0 Å². The molecule has 0 aliphatic carbocycles. The molecule has 1 aliphatic heterocycles. The van der Waals surface area contributed by atoms with Crippen LogP contribution in [0.4, 0.5) is 0 Å². The molecule has 0 spiro atoms. The molecule has 2 aromatic heterocycles. The largest absolute Gasteiger partial charge is 0.340 e. The van der Waals surface area contributed by atoms with Crippen LogP contribution in [0.15, 0.2) is 30.3 Å². The molecule has 31 heavy (non-hydrogen) atoms. The van der Waals surface area contributed by atoms with Crippen LogP contribution < -0.4 is 0 Å². The summed E-state index contributed by atoms with van der Waals surface area (Å²) < 4.78 is 1.12. The quantitative estimate of drug-likeness (QED) is 0.636. The normalized spacial score (nSPS) is 17.0. The zero-order valence-electron chi connectivity index (χ0n) is 18.5. The van der Waals surface area contributed by atoms with Crippen LogP contribution in [0.2, 0.25) is 0 Å². The lowest BCUT2D eigenvalue weighted by atomic mass is 9.97. The number of aromatic nitrogens is 2. The van der Waals surface area contributed by atoms with Gasteiger partial charge in [0.05, 0.1) is 17.1 Å². The molecule has 0 radical (unpaired) electrons. The summed E-state index contributed by atoms with van der Waals surface area (Å²) in [7, 11) is 1.83. The third kappa shape index (κ3) is 4.66. The number of nitrogens with one attached hydrogen (secondary N) is 1. The average Bonchev–Trinajstić information content (AvgIpc) is 3.22. The minimum Gasteiger partial charge on any atom is -0.340 e. The van der Waals surface area contributed by atoms with E-state index >= 15 is 0 Å². The lowest BCUT2D eigenvalue weighted by molar-refractivity contribution is -0.131. The zero-order valence-corrected chi connectivity index (χ0v) is 19.3. The van der Waals surface area contributed by atoms with Crippen molar-refractivity contribution in [3.05, 3.63) is 52.2 Å². The summed E-state index contributed by atoms with van der Waals surface area (Å²) in [5, 5.41) is 8.34. The van der Waals surface area contributed by atoms with Gasteiger partial charge in [0.25, 0.3) is 5.91 Å². The molecule has 1 fully saturated rings. The molecule has 1 atom stereocenters. The van der Waals surface area contributed by atoms with Gasteiger partial charge in [-0.05, 0) is 49.3 Å². The Labute approximate surface area is 187 Å². The highest BCUT2D eigenvalue weighted by atomic mass is 32.1. The van der Waals surface area contributed by atoms with Gasteiger partial charge in [-0.25, -0.2) is 0 Å². The van der Waals surface area contributed by atoms with Gasteiger partial charge in [0.15, 0.2) is 0 Å². The van der Waals surface area contributed by atoms with Crippen molar-refractivity contribution < 1.29 is 9.59 Å². The molecule has 0 unspecified atom stereocenters. The van der Waals surface area contributed by atoms with Crippen LogP contribution >= 0.6 is 11.3 Å². The SMILES string of the molecule is CC(=O)N1CCCCC[C@H]1Cc1c(C(=O)N(C)Cc2cc(C)[nH]n2)sc2ccccc12. The van der Waals surface area contributed by atoms with E-state index in [1.54, 1.807) is 23.2 Å². The first-order valence-electron chi connectivity index (χ1n) is 11.0. The van der Waals surface area contributed by atoms with Crippen molar-refractivity contribution in [2.24, 2.45) is 0 Å². The van der Waals surface area contributed by atoms with E-state index in [-0.39, 0.29) is 17.9 Å². The first-order chi connectivity index (χ1) is 14.9. The number of aryl methyl sites for hydroxylation is 1. The van der Waals surface area contributed by atoms with Crippen LogP contribution in [-0.4, -0.2) is 51.4 Å². The van der Waals surface area contributed by atoms with Crippen molar-refractivity contribution in [1.29, 1.82) is 0 Å². The second-order valence-electron chi connectivity index (χ2n) is 8.53. The van der Waals surface area contributed by atoms with Crippen molar-refractivity contribution in [2.75, 3.05) is 13.6 Å². The van der Waals surface area contributed by atoms with Gasteiger partial charge in [-0.15, -0.1) is 11.3 Å². The highest BCUT2D eigenvalue weighted by Gasteiger charge is 2.28. The topological polar surface area (TPSA) is 69.3 Å². The maximum atomic E-state index is 13.5. The molecule has 0 bridgehead atoms. The van der Waals surface area contributed by atoms with E-state index in [2.05, 4.69) is 22.3 Å². The van der Waals surface area contributed by atoms with Crippen LogP contribution in [0.5, 0.6) is 0 Å². The Morgan fingerprint density at radius 1 is 1.26 bits per heavy atom. The van der Waals surface area contributed by atoms with E-state index in [4.69, 9.17) is 0 Å². The van der Waals surface area contributed by atoms with Crippen molar-refractivity contribution in [3.8, 4) is 0 Å². The number of carbonyl (C=O) groups excluding carboxylic acids is 2. The predicted molar refractivity (Wildman–Crippen MR) is 124 cm³/mol. The Balaban J connectivity index is 1.66. The third-order valence-electron chi connectivity index (χ3n) is 6.12. The molecule has 0 saturated carbocycles. The van der Waals surface area contributed by atoms with Crippen molar-refractivity contribution >= 4 is 33.2 Å². The molecule has 1 aromatic carbocycles. The summed E-state index contributed by atoms with van der Waals surface area (Å²) in [6.07, 6.45) is 5.04. The van der Waals surface area contributed by atoms with Crippen LogP contribution in [0.25, 0.3) is 10.1 Å². The number of hydrogen-bond donors (Lipinski definition) is 1. The van der Waals surface area contributed by atoms with E-state index in [1.165, 1.54) is 0 Å². The minimum atomic E-state index is 0.0138. The molecule has 1 N–H and O–H groups in total. The van der Waals surface area contributed by atoms with Crippen LogP contribution in [0.3, 0.4) is 0 Å². The molecule has 6 nitrogen and oxygen atoms in total. The molecule has 4 rings (SSSR count). The Kier molecular flexibility index (Phi) is 6.41. The smallest absolute Gasteiger partial charge is 0.264 e. The highest BCUT2D eigenvalue weighted by Crippen LogP contribution is 2.35. The van der Waals surface area contributed by atoms with Crippen molar-refractivity contribution in [3.63, 3.8) is 0 Å². The fourth-order valence-electron chi connectivity index (χ4n) is 4.56. The Bertz CT molecular complexity index is 1090. The number of carbonyl (C=O) groups is 2. The summed E-state index contributed by atoms with van der Waals surface area (Å²) in [4.78, 5) is 30.4. The molecule has 1 saturated heterocycles. The number of fused-ring (bicyclic) bond motifs is 1. The van der Waals surface area contributed by atoms with Gasteiger partial charge in [-0.3, -0.25) is 14.7 Å². The minimum absolute atomic E-state index is 0.0138. The average molecular weight is 439 g/mol. The summed E-state index contributed by atoms with van der Waals surface area (Å²) >= 11 is 1.56. The number of nitrogens with zero attached hydrogens (tertiary/aromatic N) is 3. The number of hydrogen-bond acceptors (Lipinski definition) is 4. The second kappa shape index (κ2) is 9.22. The number of benzene rings is 1.